The predicted molar refractivity (Wildman–Crippen MR) is 115 cm³/mol. The Bertz CT molecular complexity index is 891. The molecule has 4 rings (SSSR count). The van der Waals surface area contributed by atoms with Gasteiger partial charge in [0.25, 0.3) is 0 Å². The number of benzene rings is 2. The fraction of sp³-hybridized carbons (Fsp3) is 0.318. The van der Waals surface area contributed by atoms with Gasteiger partial charge in [0.1, 0.15) is 0 Å². The van der Waals surface area contributed by atoms with Crippen LogP contribution in [0.3, 0.4) is 0 Å². The molecule has 2 heterocycles. The molecule has 1 saturated heterocycles. The highest BCUT2D eigenvalue weighted by atomic mass is 35.5. The third-order valence-electron chi connectivity index (χ3n) is 5.13. The molecule has 2 aromatic carbocycles. The summed E-state index contributed by atoms with van der Waals surface area (Å²) >= 11 is 6.09. The molecule has 1 aromatic heterocycles. The zero-order valence-corrected chi connectivity index (χ0v) is 16.4. The molecule has 0 bridgehead atoms. The van der Waals surface area contributed by atoms with Crippen LogP contribution in [-0.2, 0) is 0 Å². The van der Waals surface area contributed by atoms with Crippen LogP contribution in [0.1, 0.15) is 6.92 Å². The first-order valence-corrected chi connectivity index (χ1v) is 9.90. The second kappa shape index (κ2) is 8.15. The number of hydrogen-bond acceptors (Lipinski definition) is 4. The van der Waals surface area contributed by atoms with Gasteiger partial charge in [-0.3, -0.25) is 9.88 Å². The molecule has 140 valence electrons. The van der Waals surface area contributed by atoms with Gasteiger partial charge in [-0.05, 0) is 43.3 Å². The molecule has 4 nitrogen and oxygen atoms in total. The van der Waals surface area contributed by atoms with Crippen LogP contribution in [0.5, 0.6) is 0 Å². The fourth-order valence-corrected chi connectivity index (χ4v) is 3.94. The van der Waals surface area contributed by atoms with Gasteiger partial charge in [0.2, 0.25) is 0 Å². The molecule has 1 N–H and O–H groups in total. The quantitative estimate of drug-likeness (QED) is 0.705. The van der Waals surface area contributed by atoms with Crippen molar-refractivity contribution in [3.8, 4) is 0 Å². The van der Waals surface area contributed by atoms with Gasteiger partial charge in [-0.2, -0.15) is 0 Å². The Hall–Kier alpha value is -2.30. The van der Waals surface area contributed by atoms with Crippen molar-refractivity contribution in [3.05, 3.63) is 65.8 Å². The number of para-hydroxylation sites is 1. The van der Waals surface area contributed by atoms with Crippen LogP contribution < -0.4 is 10.2 Å². The number of rotatable bonds is 5. The topological polar surface area (TPSA) is 31.4 Å². The lowest BCUT2D eigenvalue weighted by atomic mass is 10.1. The minimum absolute atomic E-state index is 0.356. The molecule has 1 aliphatic rings. The molecule has 0 saturated carbocycles. The number of nitrogens with one attached hydrogen (secondary N) is 1. The van der Waals surface area contributed by atoms with Gasteiger partial charge in [-0.15, -0.1) is 0 Å². The summed E-state index contributed by atoms with van der Waals surface area (Å²) in [5.41, 5.74) is 3.37. The Labute approximate surface area is 165 Å². The zero-order valence-electron chi connectivity index (χ0n) is 15.6. The maximum atomic E-state index is 6.09. The average molecular weight is 381 g/mol. The smallest absolute Gasteiger partial charge is 0.0737 e. The molecular formula is C22H25ClN4. The maximum Gasteiger partial charge on any atom is 0.0737 e. The standard InChI is InChI=1S/C22H25ClN4/c1-17(25-21-9-10-24-22-15-18(23)7-8-20(21)22)16-26-11-13-27(14-12-26)19-5-3-2-4-6-19/h2-10,15,17H,11-14,16H2,1H3,(H,24,25). The van der Waals surface area contributed by atoms with Crippen molar-refractivity contribution in [3.63, 3.8) is 0 Å². The van der Waals surface area contributed by atoms with Crippen molar-refractivity contribution in [1.82, 2.24) is 9.88 Å². The van der Waals surface area contributed by atoms with Crippen molar-refractivity contribution in [1.29, 1.82) is 0 Å². The SMILES string of the molecule is CC(CN1CCN(c2ccccc2)CC1)Nc1ccnc2cc(Cl)ccc12. The highest BCUT2D eigenvalue weighted by Gasteiger charge is 2.19. The van der Waals surface area contributed by atoms with E-state index < -0.39 is 0 Å². The third-order valence-corrected chi connectivity index (χ3v) is 5.37. The predicted octanol–water partition coefficient (Wildman–Crippen LogP) is 4.51. The second-order valence-corrected chi connectivity index (χ2v) is 7.63. The molecule has 27 heavy (non-hydrogen) atoms. The lowest BCUT2D eigenvalue weighted by molar-refractivity contribution is 0.251. The fourth-order valence-electron chi connectivity index (χ4n) is 3.77. The van der Waals surface area contributed by atoms with E-state index in [0.717, 1.165) is 54.3 Å². The molecule has 1 fully saturated rings. The van der Waals surface area contributed by atoms with Crippen LogP contribution in [0.4, 0.5) is 11.4 Å². The molecule has 5 heteroatoms. The normalized spacial score (nSPS) is 16.4. The Morgan fingerprint density at radius 2 is 1.81 bits per heavy atom. The summed E-state index contributed by atoms with van der Waals surface area (Å²) in [4.78, 5) is 9.43. The van der Waals surface area contributed by atoms with E-state index in [1.807, 2.05) is 30.5 Å². The van der Waals surface area contributed by atoms with Gasteiger partial charge in [-0.25, -0.2) is 0 Å². The summed E-state index contributed by atoms with van der Waals surface area (Å²) in [6.07, 6.45) is 1.84. The van der Waals surface area contributed by atoms with Crippen LogP contribution in [0.2, 0.25) is 5.02 Å². The number of hydrogen-bond donors (Lipinski definition) is 1. The van der Waals surface area contributed by atoms with Crippen molar-refractivity contribution in [2.75, 3.05) is 42.9 Å². The minimum Gasteiger partial charge on any atom is -0.381 e. The van der Waals surface area contributed by atoms with E-state index in [0.29, 0.717) is 6.04 Å². The first kappa shape index (κ1) is 18.1. The van der Waals surface area contributed by atoms with E-state index in [2.05, 4.69) is 57.4 Å². The summed E-state index contributed by atoms with van der Waals surface area (Å²) < 4.78 is 0. The summed E-state index contributed by atoms with van der Waals surface area (Å²) in [6, 6.07) is 19.0. The number of aromatic nitrogens is 1. The average Bonchev–Trinajstić information content (AvgIpc) is 2.69. The van der Waals surface area contributed by atoms with E-state index >= 15 is 0 Å². The molecule has 1 aliphatic heterocycles. The third kappa shape index (κ3) is 4.34. The molecule has 1 atom stereocenters. The van der Waals surface area contributed by atoms with Crippen LogP contribution in [0.15, 0.2) is 60.8 Å². The van der Waals surface area contributed by atoms with Crippen molar-refractivity contribution >= 4 is 33.9 Å². The second-order valence-electron chi connectivity index (χ2n) is 7.19. The number of nitrogens with zero attached hydrogens (tertiary/aromatic N) is 3. The van der Waals surface area contributed by atoms with E-state index in [9.17, 15) is 0 Å². The highest BCUT2D eigenvalue weighted by molar-refractivity contribution is 6.31. The first-order valence-electron chi connectivity index (χ1n) is 9.52. The number of pyridine rings is 1. The number of anilines is 2. The number of piperazine rings is 1. The Balaban J connectivity index is 1.35. The van der Waals surface area contributed by atoms with Crippen molar-refractivity contribution in [2.45, 2.75) is 13.0 Å². The Morgan fingerprint density at radius 3 is 2.59 bits per heavy atom. The first-order chi connectivity index (χ1) is 13.2. The molecule has 0 radical (unpaired) electrons. The Kier molecular flexibility index (Phi) is 5.46. The van der Waals surface area contributed by atoms with Gasteiger partial charge in [-0.1, -0.05) is 29.8 Å². The van der Waals surface area contributed by atoms with E-state index in [1.165, 1.54) is 5.69 Å². The zero-order chi connectivity index (χ0) is 18.6. The van der Waals surface area contributed by atoms with Gasteiger partial charge in [0, 0.05) is 66.7 Å². The van der Waals surface area contributed by atoms with Crippen LogP contribution in [0.25, 0.3) is 10.9 Å². The molecule has 1 unspecified atom stereocenters. The molecule has 0 amide bonds. The lowest BCUT2D eigenvalue weighted by Gasteiger charge is -2.37. The number of halogens is 1. The van der Waals surface area contributed by atoms with E-state index in [1.54, 1.807) is 0 Å². The molecule has 3 aromatic rings. The Morgan fingerprint density at radius 1 is 1.04 bits per heavy atom. The lowest BCUT2D eigenvalue weighted by Crippen LogP contribution is -2.49. The summed E-state index contributed by atoms with van der Waals surface area (Å²) in [5.74, 6) is 0. The van der Waals surface area contributed by atoms with Crippen LogP contribution in [-0.4, -0.2) is 48.6 Å². The van der Waals surface area contributed by atoms with Crippen LogP contribution in [0, 0.1) is 0 Å². The van der Waals surface area contributed by atoms with E-state index in [4.69, 9.17) is 11.6 Å². The molecular weight excluding hydrogens is 356 g/mol. The van der Waals surface area contributed by atoms with Crippen LogP contribution >= 0.6 is 11.6 Å². The summed E-state index contributed by atoms with van der Waals surface area (Å²) in [5, 5.41) is 5.49. The largest absolute Gasteiger partial charge is 0.381 e. The van der Waals surface area contributed by atoms with Crippen molar-refractivity contribution in [2.24, 2.45) is 0 Å². The summed E-state index contributed by atoms with van der Waals surface area (Å²) in [6.45, 7) is 7.61. The van der Waals surface area contributed by atoms with E-state index in [-0.39, 0.29) is 0 Å². The monoisotopic (exact) mass is 380 g/mol. The summed E-state index contributed by atoms with van der Waals surface area (Å²) in [7, 11) is 0. The van der Waals surface area contributed by atoms with Gasteiger partial charge in [0.15, 0.2) is 0 Å². The minimum atomic E-state index is 0.356. The van der Waals surface area contributed by atoms with Gasteiger partial charge in [0.05, 0.1) is 5.52 Å². The molecule has 0 spiro atoms. The van der Waals surface area contributed by atoms with Gasteiger partial charge < -0.3 is 10.2 Å². The maximum absolute atomic E-state index is 6.09. The number of fused-ring (bicyclic) bond motifs is 1. The highest BCUT2D eigenvalue weighted by Crippen LogP contribution is 2.25. The molecule has 0 aliphatic carbocycles. The van der Waals surface area contributed by atoms with Gasteiger partial charge >= 0.3 is 0 Å². The van der Waals surface area contributed by atoms with Crippen molar-refractivity contribution < 1.29 is 0 Å².